The van der Waals surface area contributed by atoms with Crippen molar-refractivity contribution in [3.63, 3.8) is 0 Å². The second-order valence-electron chi connectivity index (χ2n) is 5.87. The number of hydrogen-bond acceptors (Lipinski definition) is 6. The molecule has 1 aliphatic rings. The van der Waals surface area contributed by atoms with E-state index >= 15 is 0 Å². The Bertz CT molecular complexity index is 823. The van der Waals surface area contributed by atoms with Gasteiger partial charge >= 0.3 is 0 Å². The molecule has 7 nitrogen and oxygen atoms in total. The molecule has 0 saturated carbocycles. The summed E-state index contributed by atoms with van der Waals surface area (Å²) in [7, 11) is 0. The number of fused-ring (bicyclic) bond motifs is 1. The SMILES string of the molecule is O=C(CCc1nc(-c2cccs2)no1)NC1CCc2cn[nH]c2C1. The maximum absolute atomic E-state index is 12.1. The van der Waals surface area contributed by atoms with E-state index in [4.69, 9.17) is 4.52 Å². The summed E-state index contributed by atoms with van der Waals surface area (Å²) in [5, 5.41) is 16.1. The van der Waals surface area contributed by atoms with Gasteiger partial charge in [0, 0.05) is 31.0 Å². The Balaban J connectivity index is 1.28. The van der Waals surface area contributed by atoms with Gasteiger partial charge in [0.25, 0.3) is 0 Å². The molecule has 0 saturated heterocycles. The van der Waals surface area contributed by atoms with E-state index < -0.39 is 0 Å². The summed E-state index contributed by atoms with van der Waals surface area (Å²) >= 11 is 1.56. The molecule has 24 heavy (non-hydrogen) atoms. The first-order chi connectivity index (χ1) is 11.8. The first-order valence-corrected chi connectivity index (χ1v) is 8.83. The van der Waals surface area contributed by atoms with Crippen LogP contribution in [0.25, 0.3) is 10.7 Å². The van der Waals surface area contributed by atoms with Gasteiger partial charge in [0.15, 0.2) is 0 Å². The topological polar surface area (TPSA) is 96.7 Å². The molecule has 2 N–H and O–H groups in total. The van der Waals surface area contributed by atoms with Crippen molar-refractivity contribution < 1.29 is 9.32 Å². The van der Waals surface area contributed by atoms with Gasteiger partial charge < -0.3 is 9.84 Å². The number of nitrogens with zero attached hydrogens (tertiary/aromatic N) is 3. The van der Waals surface area contributed by atoms with Crippen LogP contribution in [0.1, 0.15) is 30.0 Å². The molecule has 1 atom stereocenters. The fraction of sp³-hybridized carbons (Fsp3) is 0.375. The second-order valence-corrected chi connectivity index (χ2v) is 6.82. The van der Waals surface area contributed by atoms with Crippen molar-refractivity contribution in [1.29, 1.82) is 0 Å². The van der Waals surface area contributed by atoms with Gasteiger partial charge in [0.05, 0.1) is 11.1 Å². The fourth-order valence-electron chi connectivity index (χ4n) is 2.91. The van der Waals surface area contributed by atoms with E-state index in [1.165, 1.54) is 5.56 Å². The molecule has 0 aromatic carbocycles. The highest BCUT2D eigenvalue weighted by Crippen LogP contribution is 2.22. The van der Waals surface area contributed by atoms with Crippen LogP contribution in [0.2, 0.25) is 0 Å². The number of hydrogen-bond donors (Lipinski definition) is 2. The molecular formula is C16H17N5O2S. The molecule has 1 aliphatic carbocycles. The number of nitrogens with one attached hydrogen (secondary N) is 2. The molecular weight excluding hydrogens is 326 g/mol. The summed E-state index contributed by atoms with van der Waals surface area (Å²) in [6, 6.07) is 4.05. The number of H-pyrrole nitrogens is 1. The van der Waals surface area contributed by atoms with Gasteiger partial charge in [-0.1, -0.05) is 11.2 Å². The molecule has 0 bridgehead atoms. The first kappa shape index (κ1) is 15.1. The summed E-state index contributed by atoms with van der Waals surface area (Å²) in [5.74, 6) is 1.09. The number of amides is 1. The first-order valence-electron chi connectivity index (χ1n) is 7.95. The van der Waals surface area contributed by atoms with E-state index in [1.54, 1.807) is 11.3 Å². The zero-order valence-corrected chi connectivity index (χ0v) is 13.8. The Morgan fingerprint density at radius 3 is 3.33 bits per heavy atom. The van der Waals surface area contributed by atoms with Crippen molar-refractivity contribution >= 4 is 17.2 Å². The second kappa shape index (κ2) is 6.56. The predicted octanol–water partition coefficient (Wildman–Crippen LogP) is 2.13. The molecule has 0 spiro atoms. The van der Waals surface area contributed by atoms with Gasteiger partial charge in [-0.3, -0.25) is 9.89 Å². The Kier molecular flexibility index (Phi) is 4.12. The van der Waals surface area contributed by atoms with Gasteiger partial charge in [-0.05, 0) is 29.9 Å². The van der Waals surface area contributed by atoms with Gasteiger partial charge in [0.2, 0.25) is 17.6 Å². The molecule has 0 aliphatic heterocycles. The average Bonchev–Trinajstić information content (AvgIpc) is 3.32. The number of aromatic nitrogens is 4. The lowest BCUT2D eigenvalue weighted by molar-refractivity contribution is -0.121. The Hall–Kier alpha value is -2.48. The van der Waals surface area contributed by atoms with Crippen LogP contribution in [0.15, 0.2) is 28.2 Å². The lowest BCUT2D eigenvalue weighted by Crippen LogP contribution is -2.38. The Morgan fingerprint density at radius 2 is 2.46 bits per heavy atom. The fourth-order valence-corrected chi connectivity index (χ4v) is 3.56. The van der Waals surface area contributed by atoms with E-state index in [0.717, 1.165) is 29.8 Å². The summed E-state index contributed by atoms with van der Waals surface area (Å²) in [6.07, 6.45) is 5.37. The normalized spacial score (nSPS) is 16.8. The van der Waals surface area contributed by atoms with E-state index in [-0.39, 0.29) is 11.9 Å². The van der Waals surface area contributed by atoms with E-state index in [1.807, 2.05) is 23.7 Å². The van der Waals surface area contributed by atoms with Crippen molar-refractivity contribution in [3.05, 3.63) is 40.9 Å². The smallest absolute Gasteiger partial charge is 0.227 e. The lowest BCUT2D eigenvalue weighted by Gasteiger charge is -2.22. The number of carbonyl (C=O) groups excluding carboxylic acids is 1. The maximum atomic E-state index is 12.1. The molecule has 0 fully saturated rings. The van der Waals surface area contributed by atoms with Crippen LogP contribution in [0, 0.1) is 0 Å². The van der Waals surface area contributed by atoms with E-state index in [0.29, 0.717) is 24.6 Å². The molecule has 124 valence electrons. The highest BCUT2D eigenvalue weighted by molar-refractivity contribution is 7.13. The Morgan fingerprint density at radius 1 is 1.50 bits per heavy atom. The molecule has 3 aromatic heterocycles. The third-order valence-electron chi connectivity index (χ3n) is 4.16. The number of rotatable bonds is 5. The summed E-state index contributed by atoms with van der Waals surface area (Å²) in [4.78, 5) is 17.4. The quantitative estimate of drug-likeness (QED) is 0.740. The number of carbonyl (C=O) groups is 1. The van der Waals surface area contributed by atoms with Crippen LogP contribution in [-0.2, 0) is 24.1 Å². The van der Waals surface area contributed by atoms with Crippen LogP contribution in [0.4, 0.5) is 0 Å². The monoisotopic (exact) mass is 343 g/mol. The van der Waals surface area contributed by atoms with Crippen LogP contribution in [0.3, 0.4) is 0 Å². The number of aryl methyl sites for hydroxylation is 2. The minimum atomic E-state index is 0.0128. The summed E-state index contributed by atoms with van der Waals surface area (Å²) in [5.41, 5.74) is 2.39. The number of thiophene rings is 1. The standard InChI is InChI=1S/C16H17N5O2S/c22-14(18-11-4-3-10-9-17-20-12(10)8-11)5-6-15-19-16(21-23-15)13-2-1-7-24-13/h1-2,7,9,11H,3-6,8H2,(H,17,20)(H,18,22). The van der Waals surface area contributed by atoms with Crippen molar-refractivity contribution in [3.8, 4) is 10.7 Å². The van der Waals surface area contributed by atoms with Crippen LogP contribution < -0.4 is 5.32 Å². The summed E-state index contributed by atoms with van der Waals surface area (Å²) in [6.45, 7) is 0. The van der Waals surface area contributed by atoms with Crippen molar-refractivity contribution in [1.82, 2.24) is 25.7 Å². The van der Waals surface area contributed by atoms with E-state index in [9.17, 15) is 4.79 Å². The van der Waals surface area contributed by atoms with Crippen LogP contribution in [0.5, 0.6) is 0 Å². The predicted molar refractivity (Wildman–Crippen MR) is 88.5 cm³/mol. The van der Waals surface area contributed by atoms with Crippen molar-refractivity contribution in [2.24, 2.45) is 0 Å². The molecule has 1 unspecified atom stereocenters. The molecule has 0 radical (unpaired) electrons. The van der Waals surface area contributed by atoms with Crippen LogP contribution in [-0.4, -0.2) is 32.3 Å². The minimum Gasteiger partial charge on any atom is -0.353 e. The maximum Gasteiger partial charge on any atom is 0.227 e. The third kappa shape index (κ3) is 3.23. The molecule has 3 heterocycles. The zero-order chi connectivity index (χ0) is 16.4. The zero-order valence-electron chi connectivity index (χ0n) is 13.0. The minimum absolute atomic E-state index is 0.0128. The molecule has 8 heteroatoms. The molecule has 4 rings (SSSR count). The van der Waals surface area contributed by atoms with Gasteiger partial charge in [-0.25, -0.2) is 0 Å². The van der Waals surface area contributed by atoms with E-state index in [2.05, 4.69) is 25.7 Å². The highest BCUT2D eigenvalue weighted by atomic mass is 32.1. The average molecular weight is 343 g/mol. The lowest BCUT2D eigenvalue weighted by atomic mass is 9.93. The Labute approximate surface area is 142 Å². The molecule has 1 amide bonds. The summed E-state index contributed by atoms with van der Waals surface area (Å²) < 4.78 is 5.22. The van der Waals surface area contributed by atoms with Crippen molar-refractivity contribution in [2.45, 2.75) is 38.1 Å². The third-order valence-corrected chi connectivity index (χ3v) is 5.03. The van der Waals surface area contributed by atoms with Gasteiger partial charge in [0.1, 0.15) is 0 Å². The van der Waals surface area contributed by atoms with Crippen molar-refractivity contribution in [2.75, 3.05) is 0 Å². The van der Waals surface area contributed by atoms with Gasteiger partial charge in [-0.2, -0.15) is 10.1 Å². The highest BCUT2D eigenvalue weighted by Gasteiger charge is 2.21. The number of aromatic amines is 1. The van der Waals surface area contributed by atoms with Gasteiger partial charge in [-0.15, -0.1) is 11.3 Å². The van der Waals surface area contributed by atoms with Crippen LogP contribution >= 0.6 is 11.3 Å². The molecule has 3 aromatic rings. The largest absolute Gasteiger partial charge is 0.353 e.